The SMILES string of the molecule is CCn1nccc1CNC1CCC(C)C(C)C1. The quantitative estimate of drug-likeness (QED) is 0.869. The van der Waals surface area contributed by atoms with E-state index in [4.69, 9.17) is 0 Å². The molecule has 1 aromatic heterocycles. The van der Waals surface area contributed by atoms with Gasteiger partial charge in [0.05, 0.1) is 5.69 Å². The van der Waals surface area contributed by atoms with E-state index in [1.165, 1.54) is 25.0 Å². The molecule has 1 saturated carbocycles. The zero-order chi connectivity index (χ0) is 12.3. The Morgan fingerprint density at radius 1 is 1.35 bits per heavy atom. The number of hydrogen-bond donors (Lipinski definition) is 1. The van der Waals surface area contributed by atoms with Crippen molar-refractivity contribution >= 4 is 0 Å². The van der Waals surface area contributed by atoms with Crippen LogP contribution in [0.15, 0.2) is 12.3 Å². The minimum Gasteiger partial charge on any atom is -0.308 e. The van der Waals surface area contributed by atoms with Gasteiger partial charge in [-0.3, -0.25) is 4.68 Å². The maximum absolute atomic E-state index is 4.30. The molecule has 17 heavy (non-hydrogen) atoms. The molecule has 1 fully saturated rings. The van der Waals surface area contributed by atoms with Crippen LogP contribution in [0.4, 0.5) is 0 Å². The molecular formula is C14H25N3. The van der Waals surface area contributed by atoms with Crippen LogP contribution in [0, 0.1) is 11.8 Å². The van der Waals surface area contributed by atoms with E-state index >= 15 is 0 Å². The fourth-order valence-corrected chi connectivity index (χ4v) is 2.78. The van der Waals surface area contributed by atoms with E-state index in [0.29, 0.717) is 6.04 Å². The van der Waals surface area contributed by atoms with Crippen molar-refractivity contribution in [1.29, 1.82) is 0 Å². The molecule has 2 rings (SSSR count). The molecule has 1 aliphatic rings. The first-order chi connectivity index (χ1) is 8.20. The summed E-state index contributed by atoms with van der Waals surface area (Å²) in [5.74, 6) is 1.76. The number of aryl methyl sites for hydroxylation is 1. The molecule has 0 saturated heterocycles. The van der Waals surface area contributed by atoms with Crippen LogP contribution in [0.5, 0.6) is 0 Å². The third-order valence-electron chi connectivity index (χ3n) is 4.27. The van der Waals surface area contributed by atoms with Crippen molar-refractivity contribution in [1.82, 2.24) is 15.1 Å². The van der Waals surface area contributed by atoms with E-state index in [1.54, 1.807) is 0 Å². The van der Waals surface area contributed by atoms with Gasteiger partial charge in [-0.1, -0.05) is 13.8 Å². The molecule has 3 unspecified atom stereocenters. The van der Waals surface area contributed by atoms with Crippen LogP contribution in [0.1, 0.15) is 45.7 Å². The summed E-state index contributed by atoms with van der Waals surface area (Å²) in [6.07, 6.45) is 5.91. The molecule has 1 N–H and O–H groups in total. The van der Waals surface area contributed by atoms with Crippen LogP contribution < -0.4 is 5.32 Å². The molecule has 0 aliphatic heterocycles. The summed E-state index contributed by atoms with van der Waals surface area (Å²) in [5.41, 5.74) is 1.30. The fraction of sp³-hybridized carbons (Fsp3) is 0.786. The van der Waals surface area contributed by atoms with E-state index in [2.05, 4.69) is 41.9 Å². The Bertz CT molecular complexity index is 345. The van der Waals surface area contributed by atoms with E-state index < -0.39 is 0 Å². The second-order valence-electron chi connectivity index (χ2n) is 5.48. The molecule has 0 radical (unpaired) electrons. The topological polar surface area (TPSA) is 29.9 Å². The molecule has 3 nitrogen and oxygen atoms in total. The van der Waals surface area contributed by atoms with E-state index in [1.807, 2.05) is 6.20 Å². The van der Waals surface area contributed by atoms with Crippen molar-refractivity contribution in [2.45, 2.75) is 59.2 Å². The summed E-state index contributed by atoms with van der Waals surface area (Å²) in [4.78, 5) is 0. The predicted molar refractivity (Wildman–Crippen MR) is 70.7 cm³/mol. The average Bonchev–Trinajstić information content (AvgIpc) is 2.78. The van der Waals surface area contributed by atoms with E-state index in [0.717, 1.165) is 24.9 Å². The van der Waals surface area contributed by atoms with E-state index in [-0.39, 0.29) is 0 Å². The van der Waals surface area contributed by atoms with Crippen LogP contribution in [-0.4, -0.2) is 15.8 Å². The van der Waals surface area contributed by atoms with Gasteiger partial charge in [0.15, 0.2) is 0 Å². The summed E-state index contributed by atoms with van der Waals surface area (Å²) in [5, 5.41) is 7.99. The lowest BCUT2D eigenvalue weighted by Gasteiger charge is -2.32. The molecule has 1 aromatic rings. The number of hydrogen-bond acceptors (Lipinski definition) is 2. The van der Waals surface area contributed by atoms with Gasteiger partial charge < -0.3 is 5.32 Å². The van der Waals surface area contributed by atoms with Crippen molar-refractivity contribution in [2.24, 2.45) is 11.8 Å². The minimum atomic E-state index is 0.696. The highest BCUT2D eigenvalue weighted by atomic mass is 15.3. The largest absolute Gasteiger partial charge is 0.308 e. The zero-order valence-electron chi connectivity index (χ0n) is 11.3. The standard InChI is InChI=1S/C14H25N3/c1-4-17-14(7-8-16-17)10-15-13-6-5-11(2)12(3)9-13/h7-8,11-13,15H,4-6,9-10H2,1-3H3. The van der Waals surface area contributed by atoms with Gasteiger partial charge in [-0.25, -0.2) is 0 Å². The molecule has 1 heterocycles. The van der Waals surface area contributed by atoms with Crippen molar-refractivity contribution in [3.05, 3.63) is 18.0 Å². The molecule has 0 amide bonds. The lowest BCUT2D eigenvalue weighted by molar-refractivity contribution is 0.224. The summed E-state index contributed by atoms with van der Waals surface area (Å²) in [6, 6.07) is 2.81. The predicted octanol–water partition coefficient (Wildman–Crippen LogP) is 2.82. The molecule has 1 aliphatic carbocycles. The average molecular weight is 235 g/mol. The third-order valence-corrected chi connectivity index (χ3v) is 4.27. The summed E-state index contributed by atoms with van der Waals surface area (Å²) in [7, 11) is 0. The van der Waals surface area contributed by atoms with Gasteiger partial charge in [0.2, 0.25) is 0 Å². The maximum Gasteiger partial charge on any atom is 0.0522 e. The fourth-order valence-electron chi connectivity index (χ4n) is 2.78. The Morgan fingerprint density at radius 3 is 2.88 bits per heavy atom. The molecular weight excluding hydrogens is 210 g/mol. The maximum atomic E-state index is 4.30. The van der Waals surface area contributed by atoms with Gasteiger partial charge in [0, 0.05) is 25.3 Å². The number of nitrogens with one attached hydrogen (secondary N) is 1. The van der Waals surface area contributed by atoms with Gasteiger partial charge in [0.25, 0.3) is 0 Å². The summed E-state index contributed by atoms with van der Waals surface area (Å²) >= 11 is 0. The molecule has 96 valence electrons. The molecule has 0 bridgehead atoms. The van der Waals surface area contributed by atoms with Gasteiger partial charge >= 0.3 is 0 Å². The van der Waals surface area contributed by atoms with Crippen LogP contribution >= 0.6 is 0 Å². The molecule has 0 spiro atoms. The normalized spacial score (nSPS) is 29.5. The smallest absolute Gasteiger partial charge is 0.0522 e. The summed E-state index contributed by atoms with van der Waals surface area (Å²) < 4.78 is 2.07. The van der Waals surface area contributed by atoms with Gasteiger partial charge in [-0.2, -0.15) is 5.10 Å². The summed E-state index contributed by atoms with van der Waals surface area (Å²) in [6.45, 7) is 8.82. The van der Waals surface area contributed by atoms with Crippen molar-refractivity contribution in [3.63, 3.8) is 0 Å². The van der Waals surface area contributed by atoms with Crippen LogP contribution in [0.2, 0.25) is 0 Å². The molecule has 3 atom stereocenters. The van der Waals surface area contributed by atoms with Crippen LogP contribution in [0.25, 0.3) is 0 Å². The zero-order valence-corrected chi connectivity index (χ0v) is 11.3. The first-order valence-corrected chi connectivity index (χ1v) is 6.94. The first kappa shape index (κ1) is 12.6. The van der Waals surface area contributed by atoms with Crippen molar-refractivity contribution < 1.29 is 0 Å². The number of aromatic nitrogens is 2. The highest BCUT2D eigenvalue weighted by Crippen LogP contribution is 2.29. The van der Waals surface area contributed by atoms with Crippen molar-refractivity contribution in [2.75, 3.05) is 0 Å². The monoisotopic (exact) mass is 235 g/mol. The Morgan fingerprint density at radius 2 is 2.18 bits per heavy atom. The lowest BCUT2D eigenvalue weighted by Crippen LogP contribution is -2.36. The first-order valence-electron chi connectivity index (χ1n) is 6.94. The Hall–Kier alpha value is -0.830. The minimum absolute atomic E-state index is 0.696. The van der Waals surface area contributed by atoms with Crippen LogP contribution in [-0.2, 0) is 13.1 Å². The lowest BCUT2D eigenvalue weighted by atomic mass is 9.79. The number of nitrogens with zero attached hydrogens (tertiary/aromatic N) is 2. The number of rotatable bonds is 4. The Labute approximate surface area is 105 Å². The van der Waals surface area contributed by atoms with E-state index in [9.17, 15) is 0 Å². The van der Waals surface area contributed by atoms with Crippen molar-refractivity contribution in [3.8, 4) is 0 Å². The van der Waals surface area contributed by atoms with Gasteiger partial charge in [-0.15, -0.1) is 0 Å². The van der Waals surface area contributed by atoms with Crippen LogP contribution in [0.3, 0.4) is 0 Å². The third kappa shape index (κ3) is 3.09. The Kier molecular flexibility index (Phi) is 4.21. The van der Waals surface area contributed by atoms with Gasteiger partial charge in [0.1, 0.15) is 0 Å². The highest BCUT2D eigenvalue weighted by molar-refractivity contribution is 5.00. The Balaban J connectivity index is 1.82. The molecule has 0 aromatic carbocycles. The highest BCUT2D eigenvalue weighted by Gasteiger charge is 2.24. The second kappa shape index (κ2) is 5.67. The second-order valence-corrected chi connectivity index (χ2v) is 5.48. The van der Waals surface area contributed by atoms with Gasteiger partial charge in [-0.05, 0) is 44.1 Å². The molecule has 3 heteroatoms.